The molecule has 3 aliphatic carbocycles. The minimum absolute atomic E-state index is 0.000741. The highest BCUT2D eigenvalue weighted by Crippen LogP contribution is 2.65. The number of amides is 1. The molecule has 2 bridgehead atoms. The zero-order chi connectivity index (χ0) is 26.7. The average molecular weight is 546 g/mol. The molecule has 1 spiro atoms. The number of carbonyl (C=O) groups excluding carboxylic acids is 1. The van der Waals surface area contributed by atoms with E-state index in [-0.39, 0.29) is 23.7 Å². The van der Waals surface area contributed by atoms with Crippen LogP contribution < -0.4 is 10.1 Å². The van der Waals surface area contributed by atoms with E-state index in [1.807, 2.05) is 37.3 Å². The van der Waals surface area contributed by atoms with Gasteiger partial charge in [0.25, 0.3) is 5.91 Å². The number of piperidine rings is 1. The van der Waals surface area contributed by atoms with Gasteiger partial charge in [0.1, 0.15) is 17.0 Å². The molecule has 0 unspecified atom stereocenters. The minimum Gasteiger partial charge on any atom is -0.504 e. The number of nitrogens with one attached hydrogen (secondary N) is 1. The lowest BCUT2D eigenvalue weighted by Gasteiger charge is -2.64. The van der Waals surface area contributed by atoms with Crippen LogP contribution in [0.5, 0.6) is 11.5 Å². The SMILES string of the molecule is Cc1c(C(=O)N[C@H]2CC[C@@]3(O)[C@H]4Cc5ccc(O)c6c5[C@@]3(CCN4CC3CC3)[C@H]2O6)nc(Cl)c2ccccc12. The fourth-order valence-electron chi connectivity index (χ4n) is 8.45. The van der Waals surface area contributed by atoms with Crippen LogP contribution in [0.2, 0.25) is 5.15 Å². The quantitative estimate of drug-likeness (QED) is 0.424. The summed E-state index contributed by atoms with van der Waals surface area (Å²) in [6.07, 6.45) is 4.67. The van der Waals surface area contributed by atoms with Crippen molar-refractivity contribution in [3.63, 3.8) is 0 Å². The third-order valence-electron chi connectivity index (χ3n) is 10.4. The van der Waals surface area contributed by atoms with Crippen LogP contribution in [-0.4, -0.2) is 62.9 Å². The number of halogens is 1. The Bertz CT molecular complexity index is 1560. The van der Waals surface area contributed by atoms with Crippen molar-refractivity contribution in [1.29, 1.82) is 0 Å². The molecule has 2 aliphatic heterocycles. The van der Waals surface area contributed by atoms with Crippen LogP contribution in [0.25, 0.3) is 10.8 Å². The molecule has 8 rings (SSSR count). The first-order chi connectivity index (χ1) is 18.8. The monoisotopic (exact) mass is 545 g/mol. The van der Waals surface area contributed by atoms with Gasteiger partial charge in [0.05, 0.1) is 17.1 Å². The highest BCUT2D eigenvalue weighted by molar-refractivity contribution is 6.34. The molecule has 39 heavy (non-hydrogen) atoms. The summed E-state index contributed by atoms with van der Waals surface area (Å²) in [5.41, 5.74) is 1.51. The molecule has 1 amide bonds. The summed E-state index contributed by atoms with van der Waals surface area (Å²) in [6, 6.07) is 11.1. The van der Waals surface area contributed by atoms with Crippen molar-refractivity contribution in [3.05, 3.63) is 63.9 Å². The Morgan fingerprint density at radius 3 is 2.77 bits per heavy atom. The smallest absolute Gasteiger partial charge is 0.270 e. The Kier molecular flexibility index (Phi) is 4.97. The average Bonchev–Trinajstić information content (AvgIpc) is 3.67. The van der Waals surface area contributed by atoms with Crippen molar-refractivity contribution >= 4 is 28.3 Å². The number of benzene rings is 2. The molecule has 5 atom stereocenters. The van der Waals surface area contributed by atoms with Gasteiger partial charge in [-0.25, -0.2) is 4.98 Å². The normalized spacial score (nSPS) is 32.5. The highest BCUT2D eigenvalue weighted by atomic mass is 35.5. The van der Waals surface area contributed by atoms with E-state index in [0.717, 1.165) is 59.3 Å². The number of phenols is 1. The fourth-order valence-corrected chi connectivity index (χ4v) is 8.70. The van der Waals surface area contributed by atoms with Crippen molar-refractivity contribution in [1.82, 2.24) is 15.2 Å². The van der Waals surface area contributed by atoms with Crippen LogP contribution >= 0.6 is 11.6 Å². The second-order valence-corrected chi connectivity index (χ2v) is 12.7. The molecule has 5 aliphatic rings. The maximum Gasteiger partial charge on any atom is 0.270 e. The van der Waals surface area contributed by atoms with Crippen LogP contribution in [-0.2, 0) is 11.8 Å². The summed E-state index contributed by atoms with van der Waals surface area (Å²) in [5, 5.41) is 28.7. The first kappa shape index (κ1) is 24.0. The zero-order valence-corrected chi connectivity index (χ0v) is 22.7. The second kappa shape index (κ2) is 8.09. The molecule has 8 heteroatoms. The third kappa shape index (κ3) is 3.12. The Morgan fingerprint density at radius 1 is 1.18 bits per heavy atom. The topological polar surface area (TPSA) is 94.9 Å². The number of fused-ring (bicyclic) bond motifs is 1. The molecular formula is C31H32ClN3O4. The van der Waals surface area contributed by atoms with Gasteiger partial charge in [0, 0.05) is 23.5 Å². The fraction of sp³-hybridized carbons (Fsp3) is 0.484. The van der Waals surface area contributed by atoms with Crippen LogP contribution in [0.15, 0.2) is 36.4 Å². The number of hydrogen-bond donors (Lipinski definition) is 3. The number of ether oxygens (including phenoxy) is 1. The maximum absolute atomic E-state index is 13.7. The zero-order valence-electron chi connectivity index (χ0n) is 21.9. The van der Waals surface area contributed by atoms with Crippen molar-refractivity contribution in [2.45, 2.75) is 74.7 Å². The molecule has 2 aromatic carbocycles. The number of rotatable bonds is 4. The lowest BCUT2D eigenvalue weighted by Crippen LogP contribution is -2.78. The lowest BCUT2D eigenvalue weighted by molar-refractivity contribution is -0.191. The number of aromatic hydroxyl groups is 1. The molecule has 3 aromatic rings. The summed E-state index contributed by atoms with van der Waals surface area (Å²) in [7, 11) is 0. The molecule has 3 N–H and O–H groups in total. The van der Waals surface area contributed by atoms with Gasteiger partial charge in [0.2, 0.25) is 0 Å². The van der Waals surface area contributed by atoms with Gasteiger partial charge in [-0.3, -0.25) is 9.69 Å². The summed E-state index contributed by atoms with van der Waals surface area (Å²) < 4.78 is 6.59. The van der Waals surface area contributed by atoms with Gasteiger partial charge in [-0.1, -0.05) is 41.9 Å². The summed E-state index contributed by atoms with van der Waals surface area (Å²) in [6.45, 7) is 3.80. The van der Waals surface area contributed by atoms with Crippen molar-refractivity contribution < 1.29 is 19.7 Å². The maximum atomic E-state index is 13.7. The molecule has 1 aromatic heterocycles. The van der Waals surface area contributed by atoms with E-state index in [1.165, 1.54) is 12.8 Å². The van der Waals surface area contributed by atoms with E-state index in [4.69, 9.17) is 16.3 Å². The molecular weight excluding hydrogens is 514 g/mol. The Labute approximate surface area is 232 Å². The predicted octanol–water partition coefficient (Wildman–Crippen LogP) is 4.26. The van der Waals surface area contributed by atoms with E-state index in [2.05, 4.69) is 15.2 Å². The molecule has 0 radical (unpaired) electrons. The van der Waals surface area contributed by atoms with E-state index in [1.54, 1.807) is 6.07 Å². The second-order valence-electron chi connectivity index (χ2n) is 12.3. The number of aromatic nitrogens is 1. The van der Waals surface area contributed by atoms with Gasteiger partial charge >= 0.3 is 0 Å². The van der Waals surface area contributed by atoms with Gasteiger partial charge < -0.3 is 20.3 Å². The number of carbonyl (C=O) groups is 1. The largest absolute Gasteiger partial charge is 0.504 e. The summed E-state index contributed by atoms with van der Waals surface area (Å²) >= 11 is 6.49. The first-order valence-corrected chi connectivity index (χ1v) is 14.5. The van der Waals surface area contributed by atoms with E-state index in [9.17, 15) is 15.0 Å². The van der Waals surface area contributed by atoms with Crippen LogP contribution in [0.1, 0.15) is 59.3 Å². The molecule has 2 saturated carbocycles. The Balaban J connectivity index is 1.19. The molecule has 202 valence electrons. The number of phenolic OH excluding ortho intramolecular Hbond substituents is 1. The number of aryl methyl sites for hydroxylation is 1. The van der Waals surface area contributed by atoms with Gasteiger partial charge in [-0.15, -0.1) is 0 Å². The molecule has 3 fully saturated rings. The van der Waals surface area contributed by atoms with Crippen LogP contribution in [0.4, 0.5) is 0 Å². The molecule has 7 nitrogen and oxygen atoms in total. The number of hydrogen-bond acceptors (Lipinski definition) is 6. The van der Waals surface area contributed by atoms with Gasteiger partial charge in [0.15, 0.2) is 11.5 Å². The Hall–Kier alpha value is -2.87. The van der Waals surface area contributed by atoms with Crippen molar-refractivity contribution in [2.24, 2.45) is 5.92 Å². The van der Waals surface area contributed by atoms with Crippen LogP contribution in [0, 0.1) is 12.8 Å². The summed E-state index contributed by atoms with van der Waals surface area (Å²) in [5.74, 6) is 1.02. The molecule has 1 saturated heterocycles. The van der Waals surface area contributed by atoms with E-state index in [0.29, 0.717) is 29.4 Å². The van der Waals surface area contributed by atoms with Crippen LogP contribution in [0.3, 0.4) is 0 Å². The van der Waals surface area contributed by atoms with Gasteiger partial charge in [-0.05, 0) is 80.5 Å². The first-order valence-electron chi connectivity index (χ1n) is 14.2. The number of nitrogens with zero attached hydrogens (tertiary/aromatic N) is 2. The predicted molar refractivity (Wildman–Crippen MR) is 148 cm³/mol. The minimum atomic E-state index is -0.988. The van der Waals surface area contributed by atoms with Crippen molar-refractivity contribution in [3.8, 4) is 11.5 Å². The summed E-state index contributed by atoms with van der Waals surface area (Å²) in [4.78, 5) is 20.7. The number of pyridine rings is 1. The number of aliphatic hydroxyl groups is 1. The lowest BCUT2D eigenvalue weighted by atomic mass is 9.48. The van der Waals surface area contributed by atoms with E-state index < -0.39 is 17.1 Å². The standard InChI is InChI=1S/C31H32ClN3O4/c1-16-19-4-2-3-5-20(19)28(32)34-25(16)29(37)33-21-10-11-31(38)23-14-18-8-9-22(36)26-24(18)30(31,27(21)39-26)12-13-35(23)15-17-6-7-17/h2-5,8-9,17,21,23,27,36,38H,6-7,10-15H2,1H3,(H,33,37)/t21-,23+,27-,30-,31+/m0/s1. The highest BCUT2D eigenvalue weighted by Gasteiger charge is 2.73. The van der Waals surface area contributed by atoms with Crippen molar-refractivity contribution in [2.75, 3.05) is 13.1 Å². The number of likely N-dealkylation sites (tertiary alicyclic amines) is 1. The van der Waals surface area contributed by atoms with Gasteiger partial charge in [-0.2, -0.15) is 0 Å². The molecule has 3 heterocycles. The third-order valence-corrected chi connectivity index (χ3v) is 10.7. The Morgan fingerprint density at radius 2 is 1.97 bits per heavy atom. The van der Waals surface area contributed by atoms with E-state index >= 15 is 0 Å².